The third-order valence-electron chi connectivity index (χ3n) is 3.37. The van der Waals surface area contributed by atoms with Gasteiger partial charge in [-0.15, -0.1) is 0 Å². The Balaban J connectivity index is 2.03. The molecule has 4 nitrogen and oxygen atoms in total. The third kappa shape index (κ3) is 2.82. The van der Waals surface area contributed by atoms with E-state index in [9.17, 15) is 4.79 Å². The summed E-state index contributed by atoms with van der Waals surface area (Å²) in [5.74, 6) is 0.116. The Morgan fingerprint density at radius 3 is 3.06 bits per heavy atom. The molecule has 1 unspecified atom stereocenters. The number of carbonyl (C=O) groups is 1. The van der Waals surface area contributed by atoms with Crippen LogP contribution in [0.2, 0.25) is 0 Å². The number of rotatable bonds is 4. The first kappa shape index (κ1) is 12.9. The molecule has 0 aromatic heterocycles. The molecule has 18 heavy (non-hydrogen) atoms. The van der Waals surface area contributed by atoms with Gasteiger partial charge in [0.05, 0.1) is 0 Å². The van der Waals surface area contributed by atoms with Gasteiger partial charge >= 0.3 is 0 Å². The molecule has 0 fully saturated rings. The summed E-state index contributed by atoms with van der Waals surface area (Å²) in [7, 11) is 0. The highest BCUT2D eigenvalue weighted by atomic mass is 16.1. The highest BCUT2D eigenvalue weighted by molar-refractivity contribution is 5.76. The molecule has 1 atom stereocenters. The van der Waals surface area contributed by atoms with Crippen molar-refractivity contribution in [2.75, 3.05) is 24.5 Å². The molecule has 0 bridgehead atoms. The maximum atomic E-state index is 11.5. The largest absolute Gasteiger partial charge is 0.371 e. The van der Waals surface area contributed by atoms with Gasteiger partial charge in [0.2, 0.25) is 5.91 Å². The summed E-state index contributed by atoms with van der Waals surface area (Å²) in [6, 6.07) is 8.34. The van der Waals surface area contributed by atoms with Crippen LogP contribution in [0, 0.1) is 0 Å². The molecule has 0 saturated heterocycles. The van der Waals surface area contributed by atoms with Crippen molar-refractivity contribution in [3.63, 3.8) is 0 Å². The standard InChI is InChI=1S/C14H21N3O/c1-2-16-14(18)8-10-17-9-7-12(15)11-5-3-4-6-13(11)17/h3-6,12H,2,7-10,15H2,1H3,(H,16,18). The lowest BCUT2D eigenvalue weighted by atomic mass is 9.97. The zero-order valence-corrected chi connectivity index (χ0v) is 10.9. The molecule has 1 aliphatic rings. The van der Waals surface area contributed by atoms with Gasteiger partial charge in [0.15, 0.2) is 0 Å². The average Bonchev–Trinajstić information content (AvgIpc) is 2.39. The van der Waals surface area contributed by atoms with Crippen molar-refractivity contribution >= 4 is 11.6 Å². The summed E-state index contributed by atoms with van der Waals surface area (Å²) >= 11 is 0. The Morgan fingerprint density at radius 2 is 2.28 bits per heavy atom. The van der Waals surface area contributed by atoms with Crippen LogP contribution in [0.25, 0.3) is 0 Å². The summed E-state index contributed by atoms with van der Waals surface area (Å²) in [5.41, 5.74) is 8.48. The molecule has 0 saturated carbocycles. The number of carbonyl (C=O) groups excluding carboxylic acids is 1. The van der Waals surface area contributed by atoms with Gasteiger partial charge in [-0.2, -0.15) is 0 Å². The highest BCUT2D eigenvalue weighted by Gasteiger charge is 2.21. The number of hydrogen-bond donors (Lipinski definition) is 2. The van der Waals surface area contributed by atoms with Crippen LogP contribution in [0.1, 0.15) is 31.4 Å². The summed E-state index contributed by atoms with van der Waals surface area (Å²) in [4.78, 5) is 13.8. The average molecular weight is 247 g/mol. The van der Waals surface area contributed by atoms with E-state index in [-0.39, 0.29) is 11.9 Å². The van der Waals surface area contributed by atoms with Gasteiger partial charge in [-0.05, 0) is 25.0 Å². The Hall–Kier alpha value is -1.55. The van der Waals surface area contributed by atoms with Gasteiger partial charge in [-0.1, -0.05) is 18.2 Å². The van der Waals surface area contributed by atoms with Crippen LogP contribution in [0.5, 0.6) is 0 Å². The number of amides is 1. The normalized spacial score (nSPS) is 18.3. The minimum absolute atomic E-state index is 0.116. The number of nitrogens with two attached hydrogens (primary N) is 1. The van der Waals surface area contributed by atoms with Crippen molar-refractivity contribution in [3.05, 3.63) is 29.8 Å². The van der Waals surface area contributed by atoms with Crippen LogP contribution in [-0.4, -0.2) is 25.5 Å². The van der Waals surface area contributed by atoms with E-state index in [0.717, 1.165) is 19.5 Å². The van der Waals surface area contributed by atoms with Crippen LogP contribution in [0.4, 0.5) is 5.69 Å². The molecule has 0 radical (unpaired) electrons. The fraction of sp³-hybridized carbons (Fsp3) is 0.500. The van der Waals surface area contributed by atoms with E-state index in [1.807, 2.05) is 19.1 Å². The predicted octanol–water partition coefficient (Wildman–Crippen LogP) is 1.42. The molecule has 2 rings (SSSR count). The zero-order chi connectivity index (χ0) is 13.0. The molecule has 1 aliphatic heterocycles. The summed E-state index contributed by atoms with van der Waals surface area (Å²) < 4.78 is 0. The zero-order valence-electron chi connectivity index (χ0n) is 10.9. The Bertz CT molecular complexity index is 419. The van der Waals surface area contributed by atoms with E-state index in [2.05, 4.69) is 22.3 Å². The lowest BCUT2D eigenvalue weighted by Crippen LogP contribution is -2.36. The van der Waals surface area contributed by atoms with Crippen LogP contribution in [0.15, 0.2) is 24.3 Å². The molecule has 0 aliphatic carbocycles. The van der Waals surface area contributed by atoms with Gasteiger partial charge in [0, 0.05) is 37.8 Å². The van der Waals surface area contributed by atoms with Crippen molar-refractivity contribution in [2.45, 2.75) is 25.8 Å². The molecule has 1 heterocycles. The van der Waals surface area contributed by atoms with Gasteiger partial charge < -0.3 is 16.0 Å². The van der Waals surface area contributed by atoms with Gasteiger partial charge in [0.25, 0.3) is 0 Å². The SMILES string of the molecule is CCNC(=O)CCN1CCC(N)c2ccccc21. The van der Waals surface area contributed by atoms with Gasteiger partial charge in [-0.3, -0.25) is 4.79 Å². The topological polar surface area (TPSA) is 58.4 Å². The van der Waals surface area contributed by atoms with Crippen molar-refractivity contribution < 1.29 is 4.79 Å². The smallest absolute Gasteiger partial charge is 0.221 e. The molecular weight excluding hydrogens is 226 g/mol. The minimum atomic E-state index is 0.116. The van der Waals surface area contributed by atoms with E-state index in [1.54, 1.807) is 0 Å². The number of fused-ring (bicyclic) bond motifs is 1. The Labute approximate surface area is 108 Å². The van der Waals surface area contributed by atoms with E-state index in [4.69, 9.17) is 5.73 Å². The molecule has 3 N–H and O–H groups in total. The Kier molecular flexibility index (Phi) is 4.20. The fourth-order valence-electron chi connectivity index (χ4n) is 2.41. The Morgan fingerprint density at radius 1 is 1.50 bits per heavy atom. The van der Waals surface area contributed by atoms with Crippen LogP contribution in [0.3, 0.4) is 0 Å². The minimum Gasteiger partial charge on any atom is -0.371 e. The van der Waals surface area contributed by atoms with E-state index in [1.165, 1.54) is 11.3 Å². The quantitative estimate of drug-likeness (QED) is 0.846. The maximum absolute atomic E-state index is 11.5. The number of nitrogens with one attached hydrogen (secondary N) is 1. The molecule has 98 valence electrons. The third-order valence-corrected chi connectivity index (χ3v) is 3.37. The van der Waals surface area contributed by atoms with E-state index in [0.29, 0.717) is 13.0 Å². The first-order valence-corrected chi connectivity index (χ1v) is 6.58. The molecule has 4 heteroatoms. The summed E-state index contributed by atoms with van der Waals surface area (Å²) in [5, 5.41) is 2.83. The second kappa shape index (κ2) is 5.87. The lowest BCUT2D eigenvalue weighted by molar-refractivity contribution is -0.120. The first-order chi connectivity index (χ1) is 8.72. The molecule has 1 aromatic rings. The highest BCUT2D eigenvalue weighted by Crippen LogP contribution is 2.31. The van der Waals surface area contributed by atoms with Gasteiger partial charge in [-0.25, -0.2) is 0 Å². The second-order valence-corrected chi connectivity index (χ2v) is 4.64. The predicted molar refractivity (Wildman–Crippen MR) is 73.5 cm³/mol. The molecule has 1 amide bonds. The maximum Gasteiger partial charge on any atom is 0.221 e. The van der Waals surface area contributed by atoms with Crippen molar-refractivity contribution in [1.29, 1.82) is 0 Å². The second-order valence-electron chi connectivity index (χ2n) is 4.64. The fourth-order valence-corrected chi connectivity index (χ4v) is 2.41. The van der Waals surface area contributed by atoms with Crippen molar-refractivity contribution in [3.8, 4) is 0 Å². The van der Waals surface area contributed by atoms with Crippen LogP contribution < -0.4 is 16.0 Å². The van der Waals surface area contributed by atoms with E-state index >= 15 is 0 Å². The lowest BCUT2D eigenvalue weighted by Gasteiger charge is -2.34. The molecule has 1 aromatic carbocycles. The molecule has 0 spiro atoms. The number of nitrogens with zero attached hydrogens (tertiary/aromatic N) is 1. The number of para-hydroxylation sites is 1. The first-order valence-electron chi connectivity index (χ1n) is 6.58. The number of anilines is 1. The van der Waals surface area contributed by atoms with Crippen LogP contribution >= 0.6 is 0 Å². The number of benzene rings is 1. The van der Waals surface area contributed by atoms with Crippen LogP contribution in [-0.2, 0) is 4.79 Å². The van der Waals surface area contributed by atoms with Gasteiger partial charge in [0.1, 0.15) is 0 Å². The summed E-state index contributed by atoms with van der Waals surface area (Å²) in [6.07, 6.45) is 1.49. The van der Waals surface area contributed by atoms with Crippen molar-refractivity contribution in [2.24, 2.45) is 5.73 Å². The summed E-state index contributed by atoms with van der Waals surface area (Å²) in [6.45, 7) is 4.32. The number of hydrogen-bond acceptors (Lipinski definition) is 3. The van der Waals surface area contributed by atoms with E-state index < -0.39 is 0 Å². The monoisotopic (exact) mass is 247 g/mol. The van der Waals surface area contributed by atoms with Crippen molar-refractivity contribution in [1.82, 2.24) is 5.32 Å². The molecular formula is C14H21N3O.